The van der Waals surface area contributed by atoms with Gasteiger partial charge in [0, 0.05) is 25.3 Å². The first-order valence-corrected chi connectivity index (χ1v) is 5.97. The summed E-state index contributed by atoms with van der Waals surface area (Å²) >= 11 is 0. The monoisotopic (exact) mass is 241 g/mol. The molecule has 1 heterocycles. The van der Waals surface area contributed by atoms with Crippen LogP contribution in [0.4, 0.5) is 8.78 Å². The van der Waals surface area contributed by atoms with Gasteiger partial charge in [-0.1, -0.05) is 6.07 Å². The molecule has 0 amide bonds. The van der Waals surface area contributed by atoms with Gasteiger partial charge in [0.15, 0.2) is 0 Å². The number of aliphatic hydroxyl groups is 1. The lowest BCUT2D eigenvalue weighted by molar-refractivity contribution is 0.114. The minimum Gasteiger partial charge on any atom is -0.396 e. The van der Waals surface area contributed by atoms with Crippen LogP contribution in [-0.4, -0.2) is 29.7 Å². The lowest BCUT2D eigenvalue weighted by Crippen LogP contribution is -2.36. The van der Waals surface area contributed by atoms with E-state index in [2.05, 4.69) is 0 Å². The van der Waals surface area contributed by atoms with Crippen LogP contribution in [-0.2, 0) is 6.54 Å². The van der Waals surface area contributed by atoms with Crippen LogP contribution in [0.2, 0.25) is 0 Å². The molecule has 17 heavy (non-hydrogen) atoms. The summed E-state index contributed by atoms with van der Waals surface area (Å²) in [4.78, 5) is 2.01. The zero-order valence-electron chi connectivity index (χ0n) is 9.70. The van der Waals surface area contributed by atoms with Crippen LogP contribution in [0.15, 0.2) is 18.2 Å². The van der Waals surface area contributed by atoms with E-state index in [0.717, 1.165) is 19.4 Å². The molecule has 0 aromatic heterocycles. The summed E-state index contributed by atoms with van der Waals surface area (Å²) < 4.78 is 26.9. The van der Waals surface area contributed by atoms with Crippen molar-refractivity contribution in [2.75, 3.05) is 19.7 Å². The molecule has 94 valence electrons. The summed E-state index contributed by atoms with van der Waals surface area (Å²) in [7, 11) is 0. The number of benzene rings is 1. The van der Waals surface area contributed by atoms with Crippen molar-refractivity contribution in [1.82, 2.24) is 4.90 Å². The van der Waals surface area contributed by atoms with Crippen molar-refractivity contribution < 1.29 is 13.9 Å². The molecule has 1 aliphatic rings. The quantitative estimate of drug-likeness (QED) is 0.876. The molecule has 0 unspecified atom stereocenters. The second-order valence-corrected chi connectivity index (χ2v) is 4.63. The molecule has 0 radical (unpaired) electrons. The van der Waals surface area contributed by atoms with Crippen LogP contribution < -0.4 is 0 Å². The maximum absolute atomic E-state index is 13.5. The van der Waals surface area contributed by atoms with Crippen molar-refractivity contribution in [1.29, 1.82) is 0 Å². The van der Waals surface area contributed by atoms with Gasteiger partial charge >= 0.3 is 0 Å². The predicted molar refractivity (Wildman–Crippen MR) is 61.4 cm³/mol. The van der Waals surface area contributed by atoms with E-state index in [4.69, 9.17) is 5.11 Å². The first-order valence-electron chi connectivity index (χ1n) is 5.97. The number of halogens is 2. The molecule has 1 aliphatic heterocycles. The summed E-state index contributed by atoms with van der Waals surface area (Å²) in [5.41, 5.74) is 0.131. The zero-order chi connectivity index (χ0) is 12.3. The molecule has 1 saturated heterocycles. The molecule has 0 aliphatic carbocycles. The van der Waals surface area contributed by atoms with Gasteiger partial charge in [0.25, 0.3) is 0 Å². The second-order valence-electron chi connectivity index (χ2n) is 4.63. The fraction of sp³-hybridized carbons (Fsp3) is 0.538. The van der Waals surface area contributed by atoms with Crippen molar-refractivity contribution in [3.63, 3.8) is 0 Å². The number of likely N-dealkylation sites (tertiary alicyclic amines) is 1. The molecular formula is C13H17F2NO. The lowest BCUT2D eigenvalue weighted by Gasteiger charge is -2.31. The molecule has 0 spiro atoms. The molecule has 1 atom stereocenters. The molecular weight excluding hydrogens is 224 g/mol. The number of hydrogen-bond acceptors (Lipinski definition) is 2. The Labute approximate surface area is 99.9 Å². The van der Waals surface area contributed by atoms with Crippen molar-refractivity contribution in [3.05, 3.63) is 35.4 Å². The SMILES string of the molecule is OC[C@H]1CCCN(Cc2c(F)cccc2F)C1. The third-order valence-corrected chi connectivity index (χ3v) is 3.30. The van der Waals surface area contributed by atoms with Gasteiger partial charge < -0.3 is 5.11 Å². The molecule has 1 N–H and O–H groups in total. The van der Waals surface area contributed by atoms with Gasteiger partial charge in [-0.05, 0) is 37.4 Å². The standard InChI is InChI=1S/C13H17F2NO/c14-12-4-1-5-13(15)11(12)8-16-6-2-3-10(7-16)9-17/h1,4-5,10,17H,2-3,6-9H2/t10-/m0/s1. The average Bonchev–Trinajstić information content (AvgIpc) is 2.34. The number of hydrogen-bond donors (Lipinski definition) is 1. The molecule has 2 rings (SSSR count). The Morgan fingerprint density at radius 2 is 2.00 bits per heavy atom. The van der Waals surface area contributed by atoms with E-state index in [9.17, 15) is 8.78 Å². The van der Waals surface area contributed by atoms with Crippen molar-refractivity contribution in [2.24, 2.45) is 5.92 Å². The zero-order valence-corrected chi connectivity index (χ0v) is 9.70. The highest BCUT2D eigenvalue weighted by Crippen LogP contribution is 2.20. The number of nitrogens with zero attached hydrogens (tertiary/aromatic N) is 1. The van der Waals surface area contributed by atoms with Gasteiger partial charge in [-0.25, -0.2) is 8.78 Å². The van der Waals surface area contributed by atoms with Crippen LogP contribution in [0.3, 0.4) is 0 Å². The number of piperidine rings is 1. The van der Waals surface area contributed by atoms with Gasteiger partial charge in [0.2, 0.25) is 0 Å². The number of rotatable bonds is 3. The normalized spacial score (nSPS) is 21.7. The van der Waals surface area contributed by atoms with Gasteiger partial charge in [-0.15, -0.1) is 0 Å². The minimum absolute atomic E-state index is 0.131. The molecule has 0 bridgehead atoms. The third-order valence-electron chi connectivity index (χ3n) is 3.30. The largest absolute Gasteiger partial charge is 0.396 e. The smallest absolute Gasteiger partial charge is 0.130 e. The number of aliphatic hydroxyl groups excluding tert-OH is 1. The van der Waals surface area contributed by atoms with E-state index >= 15 is 0 Å². The van der Waals surface area contributed by atoms with E-state index in [1.165, 1.54) is 18.2 Å². The maximum atomic E-state index is 13.5. The Morgan fingerprint density at radius 3 is 2.65 bits per heavy atom. The van der Waals surface area contributed by atoms with Crippen molar-refractivity contribution >= 4 is 0 Å². The summed E-state index contributed by atoms with van der Waals surface area (Å²) in [6.45, 7) is 1.99. The molecule has 1 aromatic carbocycles. The fourth-order valence-electron chi connectivity index (χ4n) is 2.35. The van der Waals surface area contributed by atoms with Crippen LogP contribution in [0.25, 0.3) is 0 Å². The average molecular weight is 241 g/mol. The van der Waals surface area contributed by atoms with E-state index in [-0.39, 0.29) is 24.6 Å². The fourth-order valence-corrected chi connectivity index (χ4v) is 2.35. The lowest BCUT2D eigenvalue weighted by atomic mass is 9.98. The summed E-state index contributed by atoms with van der Waals surface area (Å²) in [5.74, 6) is -0.745. The van der Waals surface area contributed by atoms with Crippen LogP contribution >= 0.6 is 0 Å². The Kier molecular flexibility index (Phi) is 4.07. The third kappa shape index (κ3) is 3.01. The Morgan fingerprint density at radius 1 is 1.29 bits per heavy atom. The molecule has 1 aromatic rings. The van der Waals surface area contributed by atoms with E-state index in [0.29, 0.717) is 6.54 Å². The highest BCUT2D eigenvalue weighted by molar-refractivity contribution is 5.19. The van der Waals surface area contributed by atoms with E-state index in [1.54, 1.807) is 0 Å². The Bertz CT molecular complexity index is 363. The van der Waals surface area contributed by atoms with Gasteiger partial charge in [-0.2, -0.15) is 0 Å². The van der Waals surface area contributed by atoms with Crippen LogP contribution in [0.1, 0.15) is 18.4 Å². The maximum Gasteiger partial charge on any atom is 0.130 e. The van der Waals surface area contributed by atoms with E-state index in [1.807, 2.05) is 4.90 Å². The van der Waals surface area contributed by atoms with Crippen LogP contribution in [0, 0.1) is 17.6 Å². The van der Waals surface area contributed by atoms with Gasteiger partial charge in [0.1, 0.15) is 11.6 Å². The van der Waals surface area contributed by atoms with Crippen molar-refractivity contribution in [3.8, 4) is 0 Å². The van der Waals surface area contributed by atoms with Gasteiger partial charge in [-0.3, -0.25) is 4.90 Å². The predicted octanol–water partition coefficient (Wildman–Crippen LogP) is 2.17. The summed E-state index contributed by atoms with van der Waals surface area (Å²) in [5, 5.41) is 9.11. The van der Waals surface area contributed by atoms with Crippen LogP contribution in [0.5, 0.6) is 0 Å². The first-order chi connectivity index (χ1) is 8.20. The van der Waals surface area contributed by atoms with E-state index < -0.39 is 11.6 Å². The molecule has 4 heteroatoms. The molecule has 0 saturated carbocycles. The molecule has 1 fully saturated rings. The molecule has 2 nitrogen and oxygen atoms in total. The Hall–Kier alpha value is -1.00. The minimum atomic E-state index is -0.490. The highest BCUT2D eigenvalue weighted by atomic mass is 19.1. The topological polar surface area (TPSA) is 23.5 Å². The second kappa shape index (κ2) is 5.56. The summed E-state index contributed by atoms with van der Waals surface area (Å²) in [6.07, 6.45) is 1.97. The van der Waals surface area contributed by atoms with Crippen molar-refractivity contribution in [2.45, 2.75) is 19.4 Å². The Balaban J connectivity index is 2.05. The van der Waals surface area contributed by atoms with Gasteiger partial charge in [0.05, 0.1) is 0 Å². The highest BCUT2D eigenvalue weighted by Gasteiger charge is 2.21. The first kappa shape index (κ1) is 12.5. The summed E-state index contributed by atoms with van der Waals surface area (Å²) in [6, 6.07) is 3.94.